The lowest BCUT2D eigenvalue weighted by Gasteiger charge is -2.28. The van der Waals surface area contributed by atoms with E-state index in [2.05, 4.69) is 0 Å². The molecular formula is C15H34N2O14P4. The highest BCUT2D eigenvalue weighted by Crippen LogP contribution is 2.60. The molecule has 208 valence electrons. The van der Waals surface area contributed by atoms with Crippen LogP contribution in [0.3, 0.4) is 0 Å². The molecule has 0 bridgehead atoms. The molecule has 0 heterocycles. The molecule has 20 heteroatoms. The zero-order valence-corrected chi connectivity index (χ0v) is 22.8. The van der Waals surface area contributed by atoms with Crippen LogP contribution in [0.25, 0.3) is 0 Å². The van der Waals surface area contributed by atoms with Gasteiger partial charge in [-0.25, -0.2) is 0 Å². The van der Waals surface area contributed by atoms with Crippen molar-refractivity contribution in [3.63, 3.8) is 0 Å². The van der Waals surface area contributed by atoms with Crippen LogP contribution in [-0.4, -0.2) is 97.7 Å². The molecule has 0 saturated heterocycles. The molecule has 8 N–H and O–H groups in total. The van der Waals surface area contributed by atoms with Crippen LogP contribution in [0.5, 0.6) is 0 Å². The molecule has 0 aromatic carbocycles. The molecule has 16 nitrogen and oxygen atoms in total. The largest absolute Gasteiger partial charge is 0.342 e. The summed E-state index contributed by atoms with van der Waals surface area (Å²) in [5, 5.41) is -4.66. The van der Waals surface area contributed by atoms with E-state index in [9.17, 15) is 67.0 Å². The van der Waals surface area contributed by atoms with Gasteiger partial charge in [0.1, 0.15) is 0 Å². The Hall–Kier alpha value is -0.460. The maximum absolute atomic E-state index is 11.7. The van der Waals surface area contributed by atoms with Crippen LogP contribution in [0.4, 0.5) is 0 Å². The Morgan fingerprint density at radius 3 is 0.971 bits per heavy atom. The first-order chi connectivity index (χ1) is 15.6. The Kier molecular flexibility index (Phi) is 13.7. The highest BCUT2D eigenvalue weighted by Gasteiger charge is 2.45. The quantitative estimate of drug-likeness (QED) is 0.0868. The summed E-state index contributed by atoms with van der Waals surface area (Å²) in [5.74, 6) is -1.25. The van der Waals surface area contributed by atoms with Crippen molar-refractivity contribution < 1.29 is 67.0 Å². The molecule has 0 aliphatic carbocycles. The van der Waals surface area contributed by atoms with Crippen molar-refractivity contribution in [3.8, 4) is 0 Å². The molecule has 0 rings (SSSR count). The number of hydrogen-bond donors (Lipinski definition) is 8. The zero-order chi connectivity index (χ0) is 27.8. The van der Waals surface area contributed by atoms with E-state index in [1.807, 2.05) is 0 Å². The fourth-order valence-corrected chi connectivity index (χ4v) is 7.88. The van der Waals surface area contributed by atoms with Crippen LogP contribution in [0.1, 0.15) is 46.0 Å². The third-order valence-corrected chi connectivity index (χ3v) is 12.4. The monoisotopic (exact) mass is 590 g/mol. The number of rotatable bonds is 16. The topological polar surface area (TPSA) is 271 Å². The van der Waals surface area contributed by atoms with Gasteiger partial charge in [0.05, 0.1) is 0 Å². The van der Waals surface area contributed by atoms with Crippen molar-refractivity contribution in [2.45, 2.75) is 56.8 Å². The molecule has 2 amide bonds. The molecule has 0 atom stereocenters. The van der Waals surface area contributed by atoms with E-state index in [1.54, 1.807) is 0 Å². The number of hydrogen-bond acceptors (Lipinski definition) is 6. The number of carbonyl (C=O) groups excluding carboxylic acids is 2. The lowest BCUT2D eigenvalue weighted by Crippen LogP contribution is -2.37. The summed E-state index contributed by atoms with van der Waals surface area (Å²) < 4.78 is 45.7. The van der Waals surface area contributed by atoms with Gasteiger partial charge in [-0.1, -0.05) is 19.3 Å². The minimum Gasteiger partial charge on any atom is -0.341 e. The molecule has 0 aromatic rings. The summed E-state index contributed by atoms with van der Waals surface area (Å²) in [5.41, 5.74) is 0. The van der Waals surface area contributed by atoms with Gasteiger partial charge in [-0.2, -0.15) is 0 Å². The average molecular weight is 590 g/mol. The van der Waals surface area contributed by atoms with Crippen molar-refractivity contribution in [3.05, 3.63) is 0 Å². The maximum Gasteiger partial charge on any atom is 0.342 e. The van der Waals surface area contributed by atoms with Gasteiger partial charge in [-0.05, 0) is 12.8 Å². The lowest BCUT2D eigenvalue weighted by molar-refractivity contribution is -0.129. The first kappa shape index (κ1) is 34.5. The second-order valence-electron chi connectivity index (χ2n) is 8.02. The van der Waals surface area contributed by atoms with E-state index < -0.39 is 66.1 Å². The van der Waals surface area contributed by atoms with Gasteiger partial charge in [0.2, 0.25) is 11.8 Å². The van der Waals surface area contributed by atoms with Crippen LogP contribution in [0, 0.1) is 0 Å². The first-order valence-electron chi connectivity index (χ1n) is 10.3. The summed E-state index contributed by atoms with van der Waals surface area (Å²) in [4.78, 5) is 99.0. The minimum absolute atomic E-state index is 0.0162. The minimum atomic E-state index is -5.18. The van der Waals surface area contributed by atoms with E-state index in [1.165, 1.54) is 0 Å². The SMILES string of the molecule is CC(=O)N(CCCCCCCN(CC(P(=O)(O)O)P(=O)(O)O)C(C)=O)CC(P(=O)(O)O)P(=O)(O)O. The number of nitrogens with zero attached hydrogens (tertiary/aromatic N) is 2. The molecule has 0 aromatic heterocycles. The molecule has 0 aliphatic heterocycles. The van der Waals surface area contributed by atoms with Gasteiger partial charge in [-0.15, -0.1) is 0 Å². The highest BCUT2D eigenvalue weighted by molar-refractivity contribution is 7.71. The Morgan fingerprint density at radius 2 is 0.771 bits per heavy atom. The fourth-order valence-electron chi connectivity index (χ4n) is 3.10. The number of carbonyl (C=O) groups is 2. The van der Waals surface area contributed by atoms with Crippen LogP contribution < -0.4 is 0 Å². The Bertz CT molecular complexity index is 789. The summed E-state index contributed by atoms with van der Waals surface area (Å²) in [6, 6.07) is 0. The van der Waals surface area contributed by atoms with E-state index in [0.29, 0.717) is 32.1 Å². The van der Waals surface area contributed by atoms with Crippen LogP contribution >= 0.6 is 30.4 Å². The molecule has 0 aliphatic rings. The van der Waals surface area contributed by atoms with Gasteiger partial charge >= 0.3 is 30.4 Å². The van der Waals surface area contributed by atoms with Crippen LogP contribution in [-0.2, 0) is 27.8 Å². The normalized spacial score (nSPS) is 13.4. The van der Waals surface area contributed by atoms with Crippen LogP contribution in [0.2, 0.25) is 0 Å². The van der Waals surface area contributed by atoms with Gasteiger partial charge in [0.15, 0.2) is 10.8 Å². The highest BCUT2D eigenvalue weighted by atomic mass is 31.2. The second kappa shape index (κ2) is 13.9. The van der Waals surface area contributed by atoms with Gasteiger partial charge in [-0.3, -0.25) is 27.8 Å². The van der Waals surface area contributed by atoms with Gasteiger partial charge < -0.3 is 48.9 Å². The molecule has 0 saturated carbocycles. The maximum atomic E-state index is 11.7. The number of unbranched alkanes of at least 4 members (excludes halogenated alkanes) is 4. The first-order valence-corrected chi connectivity index (χ1v) is 17.0. The molecule has 0 radical (unpaired) electrons. The van der Waals surface area contributed by atoms with E-state index in [4.69, 9.17) is 0 Å². The summed E-state index contributed by atoms with van der Waals surface area (Å²) in [6.07, 6.45) is 2.20. The standard InChI is InChI=1S/C15H34N2O14P4/c1-12(18)16(10-14(32(20,21)22)33(23,24)25)8-6-4-3-5-7-9-17(13(2)19)11-15(34(26,27)28)35(29,30)31/h14-15H,3-11H2,1-2H3,(H2,20,21,22)(H2,23,24,25)(H2,26,27,28)(H2,29,30,31). The smallest absolute Gasteiger partial charge is 0.341 e. The Balaban J connectivity index is 4.73. The van der Waals surface area contributed by atoms with Gasteiger partial charge in [0, 0.05) is 40.0 Å². The molecule has 0 spiro atoms. The molecular weight excluding hydrogens is 556 g/mol. The fraction of sp³-hybridized carbons (Fsp3) is 0.867. The predicted molar refractivity (Wildman–Crippen MR) is 123 cm³/mol. The Labute approximate surface area is 202 Å². The zero-order valence-electron chi connectivity index (χ0n) is 19.2. The van der Waals surface area contributed by atoms with E-state index in [0.717, 1.165) is 23.6 Å². The predicted octanol–water partition coefficient (Wildman–Crippen LogP) is -0.00310. The van der Waals surface area contributed by atoms with Crippen molar-refractivity contribution >= 4 is 42.2 Å². The van der Waals surface area contributed by atoms with E-state index >= 15 is 0 Å². The summed E-state index contributed by atoms with van der Waals surface area (Å²) in [6.45, 7) is 0.509. The van der Waals surface area contributed by atoms with Crippen molar-refractivity contribution in [1.82, 2.24) is 9.80 Å². The molecule has 35 heavy (non-hydrogen) atoms. The van der Waals surface area contributed by atoms with Crippen molar-refractivity contribution in [2.24, 2.45) is 0 Å². The second-order valence-corrected chi connectivity index (χ2v) is 16.0. The third kappa shape index (κ3) is 13.6. The average Bonchev–Trinajstić information content (AvgIpc) is 2.60. The summed E-state index contributed by atoms with van der Waals surface area (Å²) >= 11 is 0. The number of amides is 2. The lowest BCUT2D eigenvalue weighted by atomic mass is 10.1. The van der Waals surface area contributed by atoms with Crippen molar-refractivity contribution in [1.29, 1.82) is 0 Å². The molecule has 0 unspecified atom stereocenters. The third-order valence-electron chi connectivity index (χ3n) is 5.07. The molecule has 0 fully saturated rings. The van der Waals surface area contributed by atoms with Gasteiger partial charge in [0.25, 0.3) is 0 Å². The Morgan fingerprint density at radius 1 is 0.543 bits per heavy atom. The summed E-state index contributed by atoms with van der Waals surface area (Å²) in [7, 11) is -20.7. The van der Waals surface area contributed by atoms with Crippen molar-refractivity contribution in [2.75, 3.05) is 26.2 Å². The van der Waals surface area contributed by atoms with E-state index in [-0.39, 0.29) is 13.1 Å². The van der Waals surface area contributed by atoms with Crippen LogP contribution in [0.15, 0.2) is 0 Å².